The summed E-state index contributed by atoms with van der Waals surface area (Å²) in [5.41, 5.74) is 0.682. The zero-order chi connectivity index (χ0) is 16.7. The summed E-state index contributed by atoms with van der Waals surface area (Å²) in [6, 6.07) is 10.5. The lowest BCUT2D eigenvalue weighted by Gasteiger charge is -2.31. The second kappa shape index (κ2) is 8.48. The van der Waals surface area contributed by atoms with Crippen molar-refractivity contribution in [3.8, 4) is 11.8 Å². The third-order valence-electron chi connectivity index (χ3n) is 4.96. The van der Waals surface area contributed by atoms with Gasteiger partial charge in [0.05, 0.1) is 31.3 Å². The SMILES string of the molecule is N#CC1(c2ccc(OCCCN3CCOCC3)cc2)CCOCC1. The van der Waals surface area contributed by atoms with E-state index in [4.69, 9.17) is 14.2 Å². The van der Waals surface area contributed by atoms with Crippen molar-refractivity contribution in [3.63, 3.8) is 0 Å². The number of nitrogens with zero attached hydrogens (tertiary/aromatic N) is 2. The van der Waals surface area contributed by atoms with Crippen LogP contribution in [0.25, 0.3) is 0 Å². The van der Waals surface area contributed by atoms with Gasteiger partial charge in [0, 0.05) is 32.8 Å². The molecule has 0 bridgehead atoms. The molecule has 1 aromatic rings. The molecule has 1 aromatic carbocycles. The second-order valence-corrected chi connectivity index (χ2v) is 6.49. The Hall–Kier alpha value is -1.61. The highest BCUT2D eigenvalue weighted by atomic mass is 16.5. The lowest BCUT2D eigenvalue weighted by atomic mass is 9.75. The Labute approximate surface area is 144 Å². The summed E-state index contributed by atoms with van der Waals surface area (Å²) < 4.78 is 16.6. The number of hydrogen-bond donors (Lipinski definition) is 0. The molecule has 2 heterocycles. The van der Waals surface area contributed by atoms with Crippen LogP contribution in [0.4, 0.5) is 0 Å². The molecule has 2 aliphatic rings. The van der Waals surface area contributed by atoms with Gasteiger partial charge in [0.2, 0.25) is 0 Å². The zero-order valence-electron chi connectivity index (χ0n) is 14.2. The highest BCUT2D eigenvalue weighted by Gasteiger charge is 2.34. The minimum absolute atomic E-state index is 0.396. The van der Waals surface area contributed by atoms with Crippen LogP contribution in [0.3, 0.4) is 0 Å². The van der Waals surface area contributed by atoms with Gasteiger partial charge < -0.3 is 14.2 Å². The Bertz CT molecular complexity index is 541. The molecular weight excluding hydrogens is 304 g/mol. The molecule has 2 fully saturated rings. The van der Waals surface area contributed by atoms with Crippen LogP contribution in [0, 0.1) is 11.3 Å². The molecule has 3 rings (SSSR count). The lowest BCUT2D eigenvalue weighted by molar-refractivity contribution is 0.0358. The van der Waals surface area contributed by atoms with Crippen molar-refractivity contribution in [3.05, 3.63) is 29.8 Å². The maximum atomic E-state index is 9.61. The molecule has 0 aliphatic carbocycles. The molecule has 0 N–H and O–H groups in total. The average Bonchev–Trinajstić information content (AvgIpc) is 2.67. The van der Waals surface area contributed by atoms with Crippen LogP contribution in [-0.2, 0) is 14.9 Å². The van der Waals surface area contributed by atoms with Gasteiger partial charge in [-0.1, -0.05) is 12.1 Å². The molecule has 5 nitrogen and oxygen atoms in total. The summed E-state index contributed by atoms with van der Waals surface area (Å²) in [4.78, 5) is 2.41. The van der Waals surface area contributed by atoms with E-state index < -0.39 is 5.41 Å². The molecular formula is C19H26N2O3. The first kappa shape index (κ1) is 17.2. The quantitative estimate of drug-likeness (QED) is 0.750. The van der Waals surface area contributed by atoms with Gasteiger partial charge in [-0.15, -0.1) is 0 Å². The molecule has 2 saturated heterocycles. The number of ether oxygens (including phenoxy) is 3. The first-order chi connectivity index (χ1) is 11.8. The molecule has 0 amide bonds. The van der Waals surface area contributed by atoms with E-state index >= 15 is 0 Å². The van der Waals surface area contributed by atoms with E-state index in [9.17, 15) is 5.26 Å². The lowest BCUT2D eigenvalue weighted by Crippen LogP contribution is -2.37. The molecule has 130 valence electrons. The highest BCUT2D eigenvalue weighted by molar-refractivity contribution is 5.37. The van der Waals surface area contributed by atoms with E-state index in [0.717, 1.165) is 63.4 Å². The van der Waals surface area contributed by atoms with Gasteiger partial charge in [-0.2, -0.15) is 5.26 Å². The third-order valence-corrected chi connectivity index (χ3v) is 4.96. The van der Waals surface area contributed by atoms with E-state index in [1.165, 1.54) is 0 Å². The minimum atomic E-state index is -0.396. The molecule has 0 spiro atoms. The molecule has 24 heavy (non-hydrogen) atoms. The summed E-state index contributed by atoms with van der Waals surface area (Å²) in [5, 5.41) is 9.61. The van der Waals surface area contributed by atoms with Crippen molar-refractivity contribution in [1.29, 1.82) is 5.26 Å². The van der Waals surface area contributed by atoms with Crippen molar-refractivity contribution >= 4 is 0 Å². The Morgan fingerprint density at radius 2 is 1.71 bits per heavy atom. The van der Waals surface area contributed by atoms with Gasteiger partial charge in [0.1, 0.15) is 5.75 Å². The maximum Gasteiger partial charge on any atom is 0.119 e. The van der Waals surface area contributed by atoms with Crippen molar-refractivity contribution in [1.82, 2.24) is 4.90 Å². The van der Waals surface area contributed by atoms with Gasteiger partial charge in [-0.05, 0) is 37.0 Å². The van der Waals surface area contributed by atoms with Crippen LogP contribution in [0.2, 0.25) is 0 Å². The predicted octanol–water partition coefficient (Wildman–Crippen LogP) is 2.36. The molecule has 0 atom stereocenters. The fraction of sp³-hybridized carbons (Fsp3) is 0.632. The average molecular weight is 330 g/mol. The molecule has 0 radical (unpaired) electrons. The Balaban J connectivity index is 1.46. The third kappa shape index (κ3) is 4.27. The second-order valence-electron chi connectivity index (χ2n) is 6.49. The van der Waals surface area contributed by atoms with Crippen LogP contribution < -0.4 is 4.74 Å². The maximum absolute atomic E-state index is 9.61. The number of benzene rings is 1. The Morgan fingerprint density at radius 3 is 2.38 bits per heavy atom. The van der Waals surface area contributed by atoms with Crippen LogP contribution in [0.5, 0.6) is 5.75 Å². The smallest absolute Gasteiger partial charge is 0.119 e. The number of nitriles is 1. The van der Waals surface area contributed by atoms with E-state index in [1.807, 2.05) is 24.3 Å². The standard InChI is InChI=1S/C19H26N2O3/c20-16-19(6-12-22-13-7-19)17-2-4-18(5-3-17)24-11-1-8-21-9-14-23-15-10-21/h2-5H,1,6-15H2. The van der Waals surface area contributed by atoms with Crippen LogP contribution >= 0.6 is 0 Å². The minimum Gasteiger partial charge on any atom is -0.494 e. The highest BCUT2D eigenvalue weighted by Crippen LogP contribution is 2.34. The van der Waals surface area contributed by atoms with Gasteiger partial charge >= 0.3 is 0 Å². The summed E-state index contributed by atoms with van der Waals surface area (Å²) in [6.07, 6.45) is 2.55. The van der Waals surface area contributed by atoms with E-state index in [2.05, 4.69) is 11.0 Å². The van der Waals surface area contributed by atoms with Crippen molar-refractivity contribution in [2.75, 3.05) is 52.7 Å². The van der Waals surface area contributed by atoms with Crippen LogP contribution in [0.1, 0.15) is 24.8 Å². The Morgan fingerprint density at radius 1 is 1.04 bits per heavy atom. The van der Waals surface area contributed by atoms with Gasteiger partial charge in [0.15, 0.2) is 0 Å². The van der Waals surface area contributed by atoms with Crippen molar-refractivity contribution in [2.45, 2.75) is 24.7 Å². The number of rotatable bonds is 6. The number of hydrogen-bond acceptors (Lipinski definition) is 5. The topological polar surface area (TPSA) is 54.7 Å². The molecule has 5 heteroatoms. The Kier molecular flexibility index (Phi) is 6.08. The predicted molar refractivity (Wildman–Crippen MR) is 91.2 cm³/mol. The van der Waals surface area contributed by atoms with E-state index in [-0.39, 0.29) is 0 Å². The van der Waals surface area contributed by atoms with E-state index in [1.54, 1.807) is 0 Å². The van der Waals surface area contributed by atoms with Crippen LogP contribution in [0.15, 0.2) is 24.3 Å². The summed E-state index contributed by atoms with van der Waals surface area (Å²) in [5.74, 6) is 0.876. The van der Waals surface area contributed by atoms with Crippen LogP contribution in [-0.4, -0.2) is 57.6 Å². The monoisotopic (exact) mass is 330 g/mol. The zero-order valence-corrected chi connectivity index (χ0v) is 14.2. The summed E-state index contributed by atoms with van der Waals surface area (Å²) >= 11 is 0. The molecule has 0 aromatic heterocycles. The van der Waals surface area contributed by atoms with Crippen molar-refractivity contribution in [2.24, 2.45) is 0 Å². The molecule has 2 aliphatic heterocycles. The fourth-order valence-electron chi connectivity index (χ4n) is 3.36. The first-order valence-electron chi connectivity index (χ1n) is 8.85. The van der Waals surface area contributed by atoms with E-state index in [0.29, 0.717) is 19.8 Å². The fourth-order valence-corrected chi connectivity index (χ4v) is 3.36. The molecule has 0 unspecified atom stereocenters. The molecule has 0 saturated carbocycles. The summed E-state index contributed by atoms with van der Waals surface area (Å²) in [6.45, 7) is 6.82. The van der Waals surface area contributed by atoms with Gasteiger partial charge in [0.25, 0.3) is 0 Å². The first-order valence-corrected chi connectivity index (χ1v) is 8.85. The largest absolute Gasteiger partial charge is 0.494 e. The van der Waals surface area contributed by atoms with Crippen molar-refractivity contribution < 1.29 is 14.2 Å². The van der Waals surface area contributed by atoms with Gasteiger partial charge in [-0.3, -0.25) is 4.90 Å². The summed E-state index contributed by atoms with van der Waals surface area (Å²) in [7, 11) is 0. The normalized spacial score (nSPS) is 21.1. The van der Waals surface area contributed by atoms with Gasteiger partial charge in [-0.25, -0.2) is 0 Å². The number of morpholine rings is 1.